The summed E-state index contributed by atoms with van der Waals surface area (Å²) in [7, 11) is 0. The molecule has 2 aromatic carbocycles. The van der Waals surface area contributed by atoms with Crippen LogP contribution in [0, 0.1) is 11.3 Å². The van der Waals surface area contributed by atoms with Crippen LogP contribution in [0.1, 0.15) is 16.7 Å². The van der Waals surface area contributed by atoms with Gasteiger partial charge in [0, 0.05) is 12.2 Å². The Morgan fingerprint density at radius 2 is 1.83 bits per heavy atom. The van der Waals surface area contributed by atoms with Crippen molar-refractivity contribution in [3.63, 3.8) is 0 Å². The summed E-state index contributed by atoms with van der Waals surface area (Å²) in [5.41, 5.74) is 1.99. The summed E-state index contributed by atoms with van der Waals surface area (Å²) in [6, 6.07) is 13.3. The van der Waals surface area contributed by atoms with Gasteiger partial charge >= 0.3 is 11.8 Å². The largest absolute Gasteiger partial charge is 0.392 e. The van der Waals surface area contributed by atoms with E-state index < -0.39 is 11.8 Å². The summed E-state index contributed by atoms with van der Waals surface area (Å²) in [6.07, 6.45) is 0. The molecule has 0 atom stereocenters. The minimum absolute atomic E-state index is 0.122. The minimum atomic E-state index is -0.850. The lowest BCUT2D eigenvalue weighted by atomic mass is 10.1. The molecule has 0 bridgehead atoms. The van der Waals surface area contributed by atoms with Gasteiger partial charge in [-0.25, -0.2) is 0 Å². The topological polar surface area (TPSA) is 102 Å². The number of nitriles is 1. The van der Waals surface area contributed by atoms with Gasteiger partial charge in [-0.1, -0.05) is 35.9 Å². The summed E-state index contributed by atoms with van der Waals surface area (Å²) in [4.78, 5) is 23.7. The second kappa shape index (κ2) is 8.11. The van der Waals surface area contributed by atoms with Crippen LogP contribution in [0.15, 0.2) is 42.5 Å². The van der Waals surface area contributed by atoms with Gasteiger partial charge in [0.1, 0.15) is 6.07 Å². The van der Waals surface area contributed by atoms with Crippen LogP contribution in [-0.4, -0.2) is 16.9 Å². The van der Waals surface area contributed by atoms with Crippen molar-refractivity contribution in [2.75, 3.05) is 5.32 Å². The molecular formula is C17H14ClN3O3. The fourth-order valence-corrected chi connectivity index (χ4v) is 2.23. The van der Waals surface area contributed by atoms with Crippen molar-refractivity contribution < 1.29 is 14.7 Å². The lowest BCUT2D eigenvalue weighted by Crippen LogP contribution is -2.35. The molecule has 7 heteroatoms. The lowest BCUT2D eigenvalue weighted by Gasteiger charge is -2.09. The predicted octanol–water partition coefficient (Wildman–Crippen LogP) is 1.96. The Hall–Kier alpha value is -2.88. The van der Waals surface area contributed by atoms with Crippen LogP contribution in [0.4, 0.5) is 5.69 Å². The molecule has 0 heterocycles. The Bertz CT molecular complexity index is 815. The number of nitrogens with zero attached hydrogens (tertiary/aromatic N) is 1. The number of aliphatic hydroxyl groups excluding tert-OH is 1. The van der Waals surface area contributed by atoms with Gasteiger partial charge in [-0.05, 0) is 29.3 Å². The van der Waals surface area contributed by atoms with E-state index in [2.05, 4.69) is 10.6 Å². The maximum Gasteiger partial charge on any atom is 0.313 e. The standard InChI is InChI=1S/C17H14ClN3O3/c18-15-7-14(6-5-11(15)8-19)21-17(24)16(23)20-9-12-3-1-2-4-13(12)10-22/h1-7,22H,9-10H2,(H,20,23)(H,21,24). The third-order valence-electron chi connectivity index (χ3n) is 3.28. The highest BCUT2D eigenvalue weighted by molar-refractivity contribution is 6.39. The fraction of sp³-hybridized carbons (Fsp3) is 0.118. The van der Waals surface area contributed by atoms with Gasteiger partial charge in [-0.3, -0.25) is 9.59 Å². The van der Waals surface area contributed by atoms with Crippen molar-refractivity contribution in [2.24, 2.45) is 0 Å². The molecule has 0 aliphatic rings. The Morgan fingerprint density at radius 3 is 2.46 bits per heavy atom. The smallest absolute Gasteiger partial charge is 0.313 e. The fourth-order valence-electron chi connectivity index (χ4n) is 2.01. The summed E-state index contributed by atoms with van der Waals surface area (Å²) in [5.74, 6) is -1.67. The Kier molecular flexibility index (Phi) is 5.90. The third-order valence-corrected chi connectivity index (χ3v) is 3.59. The van der Waals surface area contributed by atoms with Crippen LogP contribution in [-0.2, 0) is 22.7 Å². The van der Waals surface area contributed by atoms with Gasteiger partial charge in [-0.2, -0.15) is 5.26 Å². The number of hydrogen-bond donors (Lipinski definition) is 3. The number of rotatable bonds is 4. The van der Waals surface area contributed by atoms with Gasteiger partial charge in [0.25, 0.3) is 0 Å². The lowest BCUT2D eigenvalue weighted by molar-refractivity contribution is -0.136. The number of anilines is 1. The third kappa shape index (κ3) is 4.32. The average molecular weight is 344 g/mol. The molecule has 6 nitrogen and oxygen atoms in total. The van der Waals surface area contributed by atoms with E-state index in [1.54, 1.807) is 24.3 Å². The molecule has 2 rings (SSSR count). The number of amides is 2. The van der Waals surface area contributed by atoms with E-state index >= 15 is 0 Å². The van der Waals surface area contributed by atoms with Crippen molar-refractivity contribution in [3.05, 3.63) is 64.2 Å². The van der Waals surface area contributed by atoms with Gasteiger partial charge in [0.05, 0.1) is 17.2 Å². The zero-order valence-corrected chi connectivity index (χ0v) is 13.3. The van der Waals surface area contributed by atoms with Gasteiger partial charge in [0.15, 0.2) is 0 Å². The second-order valence-electron chi connectivity index (χ2n) is 4.87. The number of halogens is 1. The highest BCUT2D eigenvalue weighted by Gasteiger charge is 2.14. The first-order chi connectivity index (χ1) is 11.5. The zero-order valence-electron chi connectivity index (χ0n) is 12.5. The number of carbonyl (C=O) groups is 2. The Balaban J connectivity index is 1.96. The van der Waals surface area contributed by atoms with Crippen molar-refractivity contribution in [2.45, 2.75) is 13.2 Å². The normalized spacial score (nSPS) is 9.88. The first kappa shape index (κ1) is 17.5. The van der Waals surface area contributed by atoms with Gasteiger partial charge in [-0.15, -0.1) is 0 Å². The number of nitrogens with one attached hydrogen (secondary N) is 2. The molecule has 0 aromatic heterocycles. The molecule has 0 aliphatic heterocycles. The number of carbonyl (C=O) groups excluding carboxylic acids is 2. The summed E-state index contributed by atoms with van der Waals surface area (Å²) in [5, 5.41) is 23.1. The molecule has 0 radical (unpaired) electrons. The quantitative estimate of drug-likeness (QED) is 0.738. The van der Waals surface area contributed by atoms with E-state index in [4.69, 9.17) is 16.9 Å². The molecule has 2 amide bonds. The summed E-state index contributed by atoms with van der Waals surface area (Å²) < 4.78 is 0. The van der Waals surface area contributed by atoms with E-state index in [1.807, 2.05) is 6.07 Å². The second-order valence-corrected chi connectivity index (χ2v) is 5.28. The van der Waals surface area contributed by atoms with Gasteiger partial charge in [0.2, 0.25) is 0 Å². The van der Waals surface area contributed by atoms with E-state index in [1.165, 1.54) is 18.2 Å². The maximum atomic E-state index is 11.9. The van der Waals surface area contributed by atoms with Crippen LogP contribution in [0.25, 0.3) is 0 Å². The first-order valence-electron chi connectivity index (χ1n) is 7.01. The monoisotopic (exact) mass is 343 g/mol. The number of aliphatic hydroxyl groups is 1. The van der Waals surface area contributed by atoms with Crippen LogP contribution in [0.3, 0.4) is 0 Å². The molecule has 0 aliphatic carbocycles. The van der Waals surface area contributed by atoms with Crippen LogP contribution >= 0.6 is 11.6 Å². The Morgan fingerprint density at radius 1 is 1.12 bits per heavy atom. The molecule has 122 valence electrons. The molecule has 24 heavy (non-hydrogen) atoms. The predicted molar refractivity (Wildman–Crippen MR) is 89.0 cm³/mol. The van der Waals surface area contributed by atoms with Gasteiger partial charge < -0.3 is 15.7 Å². The highest BCUT2D eigenvalue weighted by Crippen LogP contribution is 2.20. The van der Waals surface area contributed by atoms with Crippen LogP contribution < -0.4 is 10.6 Å². The zero-order chi connectivity index (χ0) is 17.5. The molecule has 0 saturated carbocycles. The molecule has 0 saturated heterocycles. The summed E-state index contributed by atoms with van der Waals surface area (Å²) in [6.45, 7) is -0.0287. The molecule has 3 N–H and O–H groups in total. The molecule has 0 unspecified atom stereocenters. The van der Waals surface area contributed by atoms with Crippen molar-refractivity contribution in [3.8, 4) is 6.07 Å². The summed E-state index contributed by atoms with van der Waals surface area (Å²) >= 11 is 5.87. The van der Waals surface area contributed by atoms with Crippen molar-refractivity contribution in [1.29, 1.82) is 5.26 Å². The van der Waals surface area contributed by atoms with E-state index in [-0.39, 0.29) is 23.7 Å². The van der Waals surface area contributed by atoms with E-state index in [9.17, 15) is 14.7 Å². The average Bonchev–Trinajstić information content (AvgIpc) is 2.60. The molecule has 2 aromatic rings. The number of benzene rings is 2. The van der Waals surface area contributed by atoms with E-state index in [0.717, 1.165) is 5.56 Å². The molecular weight excluding hydrogens is 330 g/mol. The SMILES string of the molecule is N#Cc1ccc(NC(=O)C(=O)NCc2ccccc2CO)cc1Cl. The van der Waals surface area contributed by atoms with E-state index in [0.29, 0.717) is 11.3 Å². The minimum Gasteiger partial charge on any atom is -0.392 e. The van der Waals surface area contributed by atoms with Crippen LogP contribution in [0.2, 0.25) is 5.02 Å². The molecule has 0 spiro atoms. The maximum absolute atomic E-state index is 11.9. The van der Waals surface area contributed by atoms with Crippen LogP contribution in [0.5, 0.6) is 0 Å². The first-order valence-corrected chi connectivity index (χ1v) is 7.39. The number of hydrogen-bond acceptors (Lipinski definition) is 4. The molecule has 0 fully saturated rings. The van der Waals surface area contributed by atoms with Crippen molar-refractivity contribution in [1.82, 2.24) is 5.32 Å². The Labute approximate surface area is 143 Å². The van der Waals surface area contributed by atoms with Crippen molar-refractivity contribution >= 4 is 29.1 Å². The highest BCUT2D eigenvalue weighted by atomic mass is 35.5.